The van der Waals surface area contributed by atoms with Gasteiger partial charge >= 0.3 is 0 Å². The minimum absolute atomic E-state index is 0. The lowest BCUT2D eigenvalue weighted by molar-refractivity contribution is -0.124. The minimum atomic E-state index is -0.244. The molecule has 0 bridgehead atoms. The summed E-state index contributed by atoms with van der Waals surface area (Å²) in [6.07, 6.45) is 1.13. The third-order valence-corrected chi connectivity index (χ3v) is 2.57. The van der Waals surface area contributed by atoms with Gasteiger partial charge in [-0.25, -0.2) is 0 Å². The van der Waals surface area contributed by atoms with Crippen molar-refractivity contribution in [2.75, 3.05) is 11.9 Å². The van der Waals surface area contributed by atoms with E-state index in [2.05, 4.69) is 17.6 Å². The SMILES string of the molecule is CCc1cccc(NC(=O)CNC(=O)CC(C)N)c1.Cl. The van der Waals surface area contributed by atoms with Crippen LogP contribution in [0.5, 0.6) is 0 Å². The van der Waals surface area contributed by atoms with E-state index in [9.17, 15) is 9.59 Å². The van der Waals surface area contributed by atoms with Gasteiger partial charge in [0.15, 0.2) is 0 Å². The zero-order chi connectivity index (χ0) is 14.3. The van der Waals surface area contributed by atoms with E-state index < -0.39 is 0 Å². The maximum absolute atomic E-state index is 11.6. The number of hydrogen-bond donors (Lipinski definition) is 3. The summed E-state index contributed by atoms with van der Waals surface area (Å²) in [5.74, 6) is -0.460. The highest BCUT2D eigenvalue weighted by molar-refractivity contribution is 5.94. The quantitative estimate of drug-likeness (QED) is 0.743. The average molecular weight is 300 g/mol. The van der Waals surface area contributed by atoms with Gasteiger partial charge in [-0.05, 0) is 31.0 Å². The van der Waals surface area contributed by atoms with Crippen molar-refractivity contribution in [2.45, 2.75) is 32.7 Å². The predicted octanol–water partition coefficient (Wildman–Crippen LogP) is 1.46. The van der Waals surface area contributed by atoms with Crippen molar-refractivity contribution in [3.8, 4) is 0 Å². The molecule has 1 unspecified atom stereocenters. The van der Waals surface area contributed by atoms with Crippen LogP contribution in [0.4, 0.5) is 5.69 Å². The van der Waals surface area contributed by atoms with Gasteiger partial charge in [-0.3, -0.25) is 9.59 Å². The van der Waals surface area contributed by atoms with Crippen molar-refractivity contribution in [3.63, 3.8) is 0 Å². The second-order valence-corrected chi connectivity index (χ2v) is 4.56. The fraction of sp³-hybridized carbons (Fsp3) is 0.429. The summed E-state index contributed by atoms with van der Waals surface area (Å²) in [6.45, 7) is 3.76. The largest absolute Gasteiger partial charge is 0.347 e. The number of amides is 2. The molecule has 2 amide bonds. The number of nitrogens with one attached hydrogen (secondary N) is 2. The van der Waals surface area contributed by atoms with Crippen LogP contribution in [0.25, 0.3) is 0 Å². The third kappa shape index (κ3) is 7.11. The molecule has 20 heavy (non-hydrogen) atoms. The van der Waals surface area contributed by atoms with E-state index in [1.54, 1.807) is 6.92 Å². The lowest BCUT2D eigenvalue weighted by Gasteiger charge is -2.09. The van der Waals surface area contributed by atoms with Gasteiger partial charge < -0.3 is 16.4 Å². The lowest BCUT2D eigenvalue weighted by atomic mass is 10.1. The number of aryl methyl sites for hydroxylation is 1. The molecule has 4 N–H and O–H groups in total. The lowest BCUT2D eigenvalue weighted by Crippen LogP contribution is -2.35. The van der Waals surface area contributed by atoms with Gasteiger partial charge in [-0.1, -0.05) is 19.1 Å². The first-order valence-electron chi connectivity index (χ1n) is 6.42. The van der Waals surface area contributed by atoms with Crippen molar-refractivity contribution < 1.29 is 9.59 Å². The van der Waals surface area contributed by atoms with Crippen LogP contribution in [0.3, 0.4) is 0 Å². The van der Waals surface area contributed by atoms with Crippen LogP contribution in [0.15, 0.2) is 24.3 Å². The molecule has 5 nitrogen and oxygen atoms in total. The van der Waals surface area contributed by atoms with Gasteiger partial charge in [0.05, 0.1) is 6.54 Å². The molecule has 0 aliphatic carbocycles. The molecule has 1 aromatic rings. The second-order valence-electron chi connectivity index (χ2n) is 4.56. The van der Waals surface area contributed by atoms with Crippen molar-refractivity contribution in [1.82, 2.24) is 5.32 Å². The molecule has 112 valence electrons. The molecule has 0 saturated carbocycles. The van der Waals surface area contributed by atoms with Crippen LogP contribution in [0.2, 0.25) is 0 Å². The first kappa shape index (κ1) is 18.4. The highest BCUT2D eigenvalue weighted by Gasteiger charge is 2.07. The van der Waals surface area contributed by atoms with Gasteiger partial charge in [0, 0.05) is 18.2 Å². The molecule has 0 aliphatic rings. The fourth-order valence-corrected chi connectivity index (χ4v) is 1.62. The summed E-state index contributed by atoms with van der Waals surface area (Å²) in [5.41, 5.74) is 7.39. The number of carbonyl (C=O) groups is 2. The standard InChI is InChI=1S/C14H21N3O2.ClH/c1-3-11-5-4-6-12(8-11)17-14(19)9-16-13(18)7-10(2)15;/h4-6,8,10H,3,7,9,15H2,1-2H3,(H,16,18)(H,17,19);1H. The van der Waals surface area contributed by atoms with Gasteiger partial charge in [0.25, 0.3) is 0 Å². The number of nitrogens with two attached hydrogens (primary N) is 1. The number of hydrogen-bond acceptors (Lipinski definition) is 3. The minimum Gasteiger partial charge on any atom is -0.347 e. The van der Waals surface area contributed by atoms with Crippen molar-refractivity contribution in [1.29, 1.82) is 0 Å². The second kappa shape index (κ2) is 9.34. The molecular formula is C14H22ClN3O2. The average Bonchev–Trinajstić information content (AvgIpc) is 2.36. The normalized spacial score (nSPS) is 11.2. The van der Waals surface area contributed by atoms with Crippen LogP contribution >= 0.6 is 12.4 Å². The monoisotopic (exact) mass is 299 g/mol. The fourth-order valence-electron chi connectivity index (χ4n) is 1.62. The Balaban J connectivity index is 0.00000361. The first-order valence-corrected chi connectivity index (χ1v) is 6.42. The summed E-state index contributed by atoms with van der Waals surface area (Å²) >= 11 is 0. The third-order valence-electron chi connectivity index (χ3n) is 2.57. The van der Waals surface area contributed by atoms with Gasteiger partial charge in [-0.15, -0.1) is 12.4 Å². The highest BCUT2D eigenvalue weighted by Crippen LogP contribution is 2.10. The van der Waals surface area contributed by atoms with Crippen LogP contribution in [-0.4, -0.2) is 24.4 Å². The molecule has 0 aliphatic heterocycles. The molecule has 0 spiro atoms. The van der Waals surface area contributed by atoms with Crippen molar-refractivity contribution in [3.05, 3.63) is 29.8 Å². The summed E-state index contributed by atoms with van der Waals surface area (Å²) < 4.78 is 0. The van der Waals surface area contributed by atoms with Gasteiger partial charge in [0.2, 0.25) is 11.8 Å². The zero-order valence-electron chi connectivity index (χ0n) is 11.8. The predicted molar refractivity (Wildman–Crippen MR) is 83.0 cm³/mol. The molecule has 0 radical (unpaired) electrons. The molecule has 1 atom stereocenters. The molecule has 1 aromatic carbocycles. The van der Waals surface area contributed by atoms with Gasteiger partial charge in [0.1, 0.15) is 0 Å². The summed E-state index contributed by atoms with van der Waals surface area (Å²) in [4.78, 5) is 23.0. The van der Waals surface area contributed by atoms with Crippen molar-refractivity contribution >= 4 is 29.9 Å². The van der Waals surface area contributed by atoms with E-state index in [1.807, 2.05) is 24.3 Å². The molecular weight excluding hydrogens is 278 g/mol. The van der Waals surface area contributed by atoms with Crippen LogP contribution in [0.1, 0.15) is 25.8 Å². The maximum Gasteiger partial charge on any atom is 0.243 e. The van der Waals surface area contributed by atoms with E-state index in [0.29, 0.717) is 0 Å². The van der Waals surface area contributed by atoms with Crippen LogP contribution in [-0.2, 0) is 16.0 Å². The van der Waals surface area contributed by atoms with E-state index >= 15 is 0 Å². The van der Waals surface area contributed by atoms with Gasteiger partial charge in [-0.2, -0.15) is 0 Å². The number of anilines is 1. The summed E-state index contributed by atoms with van der Waals surface area (Å²) in [6, 6.07) is 7.43. The smallest absolute Gasteiger partial charge is 0.243 e. The van der Waals surface area contributed by atoms with E-state index in [-0.39, 0.29) is 43.2 Å². The first-order chi connectivity index (χ1) is 9.01. The number of carbonyl (C=O) groups excluding carboxylic acids is 2. The zero-order valence-corrected chi connectivity index (χ0v) is 12.6. The number of benzene rings is 1. The Morgan fingerprint density at radius 1 is 1.30 bits per heavy atom. The number of rotatable bonds is 6. The van der Waals surface area contributed by atoms with Crippen LogP contribution in [0, 0.1) is 0 Å². The van der Waals surface area contributed by atoms with Crippen LogP contribution < -0.4 is 16.4 Å². The summed E-state index contributed by atoms with van der Waals surface area (Å²) in [7, 11) is 0. The van der Waals surface area contributed by atoms with E-state index in [0.717, 1.165) is 17.7 Å². The Bertz CT molecular complexity index is 450. The molecule has 0 fully saturated rings. The van der Waals surface area contributed by atoms with E-state index in [4.69, 9.17) is 5.73 Å². The topological polar surface area (TPSA) is 84.2 Å². The number of halogens is 1. The summed E-state index contributed by atoms with van der Waals surface area (Å²) in [5, 5.41) is 5.27. The Kier molecular flexibility index (Phi) is 8.59. The molecule has 1 rings (SSSR count). The van der Waals surface area contributed by atoms with E-state index in [1.165, 1.54) is 0 Å². The molecule has 6 heteroatoms. The Morgan fingerprint density at radius 3 is 2.60 bits per heavy atom. The molecule has 0 saturated heterocycles. The van der Waals surface area contributed by atoms with Crippen molar-refractivity contribution in [2.24, 2.45) is 5.73 Å². The molecule has 0 aromatic heterocycles. The highest BCUT2D eigenvalue weighted by atomic mass is 35.5. The molecule has 0 heterocycles. The Hall–Kier alpha value is -1.59. The Labute approximate surface area is 125 Å². The maximum atomic E-state index is 11.6. The Morgan fingerprint density at radius 2 is 2.00 bits per heavy atom.